The highest BCUT2D eigenvalue weighted by atomic mass is 32.2. The molecule has 0 aromatic heterocycles. The van der Waals surface area contributed by atoms with Crippen LogP contribution in [0.5, 0.6) is 0 Å². The topological polar surface area (TPSA) is 69.7 Å². The van der Waals surface area contributed by atoms with Crippen LogP contribution < -0.4 is 5.32 Å². The Morgan fingerprint density at radius 3 is 2.58 bits per heavy atom. The van der Waals surface area contributed by atoms with Crippen LogP contribution in [0.3, 0.4) is 0 Å². The first-order chi connectivity index (χ1) is 12.3. The zero-order valence-electron chi connectivity index (χ0n) is 15.2. The molecule has 0 spiro atoms. The summed E-state index contributed by atoms with van der Waals surface area (Å²) >= 11 is 1.57. The fourth-order valence-electron chi connectivity index (χ4n) is 2.77. The van der Waals surface area contributed by atoms with Crippen molar-refractivity contribution in [3.8, 4) is 0 Å². The molecular formula is C17H26FN3O3S2. The maximum atomic E-state index is 13.5. The maximum absolute atomic E-state index is 13.5. The van der Waals surface area contributed by atoms with Crippen LogP contribution in [-0.4, -0.2) is 62.4 Å². The summed E-state index contributed by atoms with van der Waals surface area (Å²) in [5, 5.41) is 2.90. The molecule has 1 amide bonds. The lowest BCUT2D eigenvalue weighted by Crippen LogP contribution is -2.47. The van der Waals surface area contributed by atoms with Crippen LogP contribution in [0.2, 0.25) is 0 Å². The smallest absolute Gasteiger partial charge is 0.281 e. The van der Waals surface area contributed by atoms with E-state index in [0.29, 0.717) is 49.5 Å². The molecule has 0 aliphatic carbocycles. The van der Waals surface area contributed by atoms with E-state index < -0.39 is 10.2 Å². The minimum atomic E-state index is -3.40. The number of hydrogen-bond acceptors (Lipinski definition) is 4. The van der Waals surface area contributed by atoms with Crippen molar-refractivity contribution < 1.29 is 17.6 Å². The molecule has 1 saturated heterocycles. The first-order valence-electron chi connectivity index (χ1n) is 8.59. The molecule has 1 aliphatic rings. The van der Waals surface area contributed by atoms with Gasteiger partial charge in [0.25, 0.3) is 10.2 Å². The van der Waals surface area contributed by atoms with Gasteiger partial charge in [-0.3, -0.25) is 4.79 Å². The van der Waals surface area contributed by atoms with Crippen LogP contribution >= 0.6 is 11.8 Å². The molecule has 1 heterocycles. The van der Waals surface area contributed by atoms with E-state index in [4.69, 9.17) is 0 Å². The second kappa shape index (κ2) is 9.68. The van der Waals surface area contributed by atoms with Gasteiger partial charge in [-0.2, -0.15) is 28.8 Å². The predicted molar refractivity (Wildman–Crippen MR) is 102 cm³/mol. The van der Waals surface area contributed by atoms with Crippen LogP contribution in [0.15, 0.2) is 24.3 Å². The number of thioether (sulfide) groups is 1. The number of nitrogens with zero attached hydrogens (tertiary/aromatic N) is 2. The average molecular weight is 404 g/mol. The molecule has 26 heavy (non-hydrogen) atoms. The Labute approximate surface area is 159 Å². The SMILES string of the molecule is CN(C)S(=O)(=O)N1CCC(C(=O)NCCSCc2ccccc2F)CC1. The first kappa shape index (κ1) is 21.1. The summed E-state index contributed by atoms with van der Waals surface area (Å²) in [6.07, 6.45) is 1.06. The Bertz CT molecular complexity index is 705. The number of amides is 1. The number of halogens is 1. The summed E-state index contributed by atoms with van der Waals surface area (Å²) in [5.74, 6) is 0.888. The number of rotatable bonds is 8. The number of carbonyl (C=O) groups is 1. The summed E-state index contributed by atoms with van der Waals surface area (Å²) < 4.78 is 40.3. The standard InChI is InChI=1S/C17H26FN3O3S2/c1-20(2)26(23,24)21-10-7-14(8-11-21)17(22)19-9-12-25-13-15-5-3-4-6-16(15)18/h3-6,14H,7-13H2,1-2H3,(H,19,22). The second-order valence-corrected chi connectivity index (χ2v) is 9.65. The lowest BCUT2D eigenvalue weighted by atomic mass is 9.97. The summed E-state index contributed by atoms with van der Waals surface area (Å²) in [4.78, 5) is 12.2. The van der Waals surface area contributed by atoms with Gasteiger partial charge in [-0.15, -0.1) is 0 Å². The molecular weight excluding hydrogens is 377 g/mol. The molecule has 0 bridgehead atoms. The van der Waals surface area contributed by atoms with Crippen molar-refractivity contribution in [1.82, 2.24) is 13.9 Å². The van der Waals surface area contributed by atoms with E-state index in [2.05, 4.69) is 5.32 Å². The maximum Gasteiger partial charge on any atom is 0.281 e. The Balaban J connectivity index is 1.66. The molecule has 1 aromatic rings. The Kier molecular flexibility index (Phi) is 7.87. The predicted octanol–water partition coefficient (Wildman–Crippen LogP) is 1.69. The Morgan fingerprint density at radius 2 is 1.96 bits per heavy atom. The zero-order valence-corrected chi connectivity index (χ0v) is 16.8. The molecule has 0 radical (unpaired) electrons. The largest absolute Gasteiger partial charge is 0.355 e. The van der Waals surface area contributed by atoms with Gasteiger partial charge in [0.15, 0.2) is 0 Å². The molecule has 6 nitrogen and oxygen atoms in total. The lowest BCUT2D eigenvalue weighted by Gasteiger charge is -2.32. The van der Waals surface area contributed by atoms with Gasteiger partial charge in [-0.25, -0.2) is 4.39 Å². The molecule has 1 aromatic carbocycles. The van der Waals surface area contributed by atoms with Crippen molar-refractivity contribution in [3.63, 3.8) is 0 Å². The van der Waals surface area contributed by atoms with Crippen molar-refractivity contribution in [2.45, 2.75) is 18.6 Å². The third-order valence-electron chi connectivity index (χ3n) is 4.37. The normalized spacial score (nSPS) is 16.8. The van der Waals surface area contributed by atoms with Gasteiger partial charge < -0.3 is 5.32 Å². The highest BCUT2D eigenvalue weighted by Crippen LogP contribution is 2.21. The lowest BCUT2D eigenvalue weighted by molar-refractivity contribution is -0.125. The second-order valence-electron chi connectivity index (χ2n) is 6.40. The van der Waals surface area contributed by atoms with Crippen LogP contribution in [-0.2, 0) is 20.8 Å². The fourth-order valence-corrected chi connectivity index (χ4v) is 4.75. The van der Waals surface area contributed by atoms with E-state index in [1.54, 1.807) is 23.9 Å². The summed E-state index contributed by atoms with van der Waals surface area (Å²) in [7, 11) is -0.388. The Morgan fingerprint density at radius 1 is 1.31 bits per heavy atom. The van der Waals surface area contributed by atoms with Crippen molar-refractivity contribution in [1.29, 1.82) is 0 Å². The third-order valence-corrected chi connectivity index (χ3v) is 7.32. The monoisotopic (exact) mass is 403 g/mol. The minimum Gasteiger partial charge on any atom is -0.355 e. The van der Waals surface area contributed by atoms with Crippen molar-refractivity contribution in [2.75, 3.05) is 39.5 Å². The molecule has 0 unspecified atom stereocenters. The van der Waals surface area contributed by atoms with Gasteiger partial charge in [0.05, 0.1) is 0 Å². The van der Waals surface area contributed by atoms with E-state index in [1.807, 2.05) is 6.07 Å². The quantitative estimate of drug-likeness (QED) is 0.671. The van der Waals surface area contributed by atoms with E-state index in [-0.39, 0.29) is 17.6 Å². The van der Waals surface area contributed by atoms with Gasteiger partial charge in [0, 0.05) is 51.2 Å². The summed E-state index contributed by atoms with van der Waals surface area (Å²) in [5.41, 5.74) is 0.665. The molecule has 9 heteroatoms. The molecule has 0 atom stereocenters. The zero-order chi connectivity index (χ0) is 19.2. The van der Waals surface area contributed by atoms with Crippen molar-refractivity contribution >= 4 is 27.9 Å². The van der Waals surface area contributed by atoms with E-state index in [9.17, 15) is 17.6 Å². The fraction of sp³-hybridized carbons (Fsp3) is 0.588. The number of carbonyl (C=O) groups excluding carboxylic acids is 1. The molecule has 146 valence electrons. The van der Waals surface area contributed by atoms with Crippen LogP contribution in [0, 0.1) is 11.7 Å². The van der Waals surface area contributed by atoms with Gasteiger partial charge in [0.2, 0.25) is 5.91 Å². The molecule has 2 rings (SSSR count). The van der Waals surface area contributed by atoms with Gasteiger partial charge >= 0.3 is 0 Å². The van der Waals surface area contributed by atoms with Crippen LogP contribution in [0.4, 0.5) is 4.39 Å². The van der Waals surface area contributed by atoms with E-state index in [1.165, 1.54) is 28.8 Å². The van der Waals surface area contributed by atoms with Crippen LogP contribution in [0.25, 0.3) is 0 Å². The van der Waals surface area contributed by atoms with Crippen molar-refractivity contribution in [2.24, 2.45) is 5.92 Å². The molecule has 1 fully saturated rings. The minimum absolute atomic E-state index is 0.0293. The molecule has 1 aliphatic heterocycles. The van der Waals surface area contributed by atoms with Crippen LogP contribution in [0.1, 0.15) is 18.4 Å². The number of benzene rings is 1. The van der Waals surface area contributed by atoms with Crippen molar-refractivity contribution in [3.05, 3.63) is 35.6 Å². The Hall–Kier alpha value is -1.16. The highest BCUT2D eigenvalue weighted by Gasteiger charge is 2.31. The number of nitrogens with one attached hydrogen (secondary N) is 1. The van der Waals surface area contributed by atoms with E-state index >= 15 is 0 Å². The molecule has 0 saturated carbocycles. The number of piperidine rings is 1. The highest BCUT2D eigenvalue weighted by molar-refractivity contribution is 7.98. The molecule has 1 N–H and O–H groups in total. The summed E-state index contributed by atoms with van der Waals surface area (Å²) in [6.45, 7) is 1.25. The van der Waals surface area contributed by atoms with Gasteiger partial charge in [-0.1, -0.05) is 18.2 Å². The van der Waals surface area contributed by atoms with Gasteiger partial charge in [-0.05, 0) is 24.5 Å². The summed E-state index contributed by atoms with van der Waals surface area (Å²) in [6, 6.07) is 6.68. The number of hydrogen-bond donors (Lipinski definition) is 1. The third kappa shape index (κ3) is 5.67. The first-order valence-corrected chi connectivity index (χ1v) is 11.1. The van der Waals surface area contributed by atoms with E-state index in [0.717, 1.165) is 0 Å². The average Bonchev–Trinajstić information content (AvgIpc) is 2.62. The van der Waals surface area contributed by atoms with Gasteiger partial charge in [0.1, 0.15) is 5.82 Å².